The van der Waals surface area contributed by atoms with Crippen molar-refractivity contribution in [2.24, 2.45) is 0 Å². The van der Waals surface area contributed by atoms with E-state index < -0.39 is 0 Å². The smallest absolute Gasteiger partial charge is 0.143 e. The molecule has 0 saturated carbocycles. The predicted molar refractivity (Wildman–Crippen MR) is 38.5 cm³/mol. The molecular formula is H2I2N2O5. The first-order valence-electron chi connectivity index (χ1n) is 1.44. The summed E-state index contributed by atoms with van der Waals surface area (Å²) in [6.45, 7) is 0. The average Bonchev–Trinajstić information content (AvgIpc) is 1.87. The van der Waals surface area contributed by atoms with Gasteiger partial charge in [-0.3, -0.25) is 10.4 Å². The quantitative estimate of drug-likeness (QED) is 0.564. The first kappa shape index (κ1) is 10.2. The fraction of sp³-hybridized carbons (Fsp3) is 0. The van der Waals surface area contributed by atoms with E-state index in [0.29, 0.717) is 0 Å². The molecule has 0 aromatic heterocycles. The molecule has 0 amide bonds. The zero-order valence-corrected chi connectivity index (χ0v) is 8.08. The largest absolute Gasteiger partial charge is 0.264 e. The Morgan fingerprint density at radius 2 is 1.33 bits per heavy atom. The van der Waals surface area contributed by atoms with Crippen LogP contribution in [-0.4, -0.2) is 21.2 Å². The Hall–Kier alpha value is 1.18. The molecule has 56 valence electrons. The van der Waals surface area contributed by atoms with E-state index in [9.17, 15) is 0 Å². The first-order chi connectivity index (χ1) is 4.20. The van der Waals surface area contributed by atoms with Gasteiger partial charge in [-0.25, -0.2) is 0 Å². The number of nitrogens with zero attached hydrogens (tertiary/aromatic N) is 2. The molecule has 0 aromatic carbocycles. The molecule has 0 aromatic rings. The summed E-state index contributed by atoms with van der Waals surface area (Å²) in [5.41, 5.74) is 0. The summed E-state index contributed by atoms with van der Waals surface area (Å²) in [6, 6.07) is 0. The second-order valence-corrected chi connectivity index (χ2v) is 1.48. The van der Waals surface area contributed by atoms with Gasteiger partial charge in [-0.1, -0.05) is 0 Å². The van der Waals surface area contributed by atoms with E-state index in [4.69, 9.17) is 10.4 Å². The molecule has 0 unspecified atom stereocenters. The lowest BCUT2D eigenvalue weighted by Gasteiger charge is -2.11. The lowest BCUT2D eigenvalue weighted by atomic mass is 12.8. The Labute approximate surface area is 78.2 Å². The molecule has 0 saturated heterocycles. The Bertz CT molecular complexity index is 62.0. The molecule has 0 spiro atoms. The maximum Gasteiger partial charge on any atom is 0.143 e. The topological polar surface area (TPSA) is 74.6 Å². The van der Waals surface area contributed by atoms with Crippen molar-refractivity contribution in [3.05, 3.63) is 0 Å². The molecule has 7 nitrogen and oxygen atoms in total. The van der Waals surface area contributed by atoms with Crippen LogP contribution in [-0.2, 0) is 11.3 Å². The van der Waals surface area contributed by atoms with Gasteiger partial charge in [-0.2, -0.15) is 6.33 Å². The molecule has 2 N–H and O–H groups in total. The summed E-state index contributed by atoms with van der Waals surface area (Å²) in [4.78, 5) is 3.87. The van der Waals surface area contributed by atoms with Gasteiger partial charge < -0.3 is 0 Å². The fourth-order valence-electron chi connectivity index (χ4n) is 0.0850. The van der Waals surface area contributed by atoms with Gasteiger partial charge >= 0.3 is 0 Å². The van der Waals surface area contributed by atoms with Crippen molar-refractivity contribution in [3.63, 3.8) is 0 Å². The van der Waals surface area contributed by atoms with Crippen LogP contribution >= 0.6 is 46.0 Å². The van der Waals surface area contributed by atoms with E-state index >= 15 is 0 Å². The Kier molecular flexibility index (Phi) is 6.70. The fourth-order valence-corrected chi connectivity index (χ4v) is 0.229. The van der Waals surface area contributed by atoms with Crippen LogP contribution in [0.3, 0.4) is 0 Å². The van der Waals surface area contributed by atoms with Crippen LogP contribution in [0, 0.1) is 0 Å². The molecule has 0 bridgehead atoms. The van der Waals surface area contributed by atoms with Crippen LogP contribution in [0.5, 0.6) is 0 Å². The monoisotopic (exact) mass is 364 g/mol. The third-order valence-electron chi connectivity index (χ3n) is 0.258. The van der Waals surface area contributed by atoms with Crippen LogP contribution in [0.15, 0.2) is 0 Å². The van der Waals surface area contributed by atoms with E-state index in [0.717, 1.165) is 0 Å². The number of halogens is 2. The minimum Gasteiger partial charge on any atom is -0.264 e. The maximum absolute atomic E-state index is 8.26. The first-order valence-corrected chi connectivity index (χ1v) is 3.20. The molecule has 0 aliphatic carbocycles. The zero-order valence-electron chi connectivity index (χ0n) is 3.77. The molecule has 9 heteroatoms. The van der Waals surface area contributed by atoms with Crippen LogP contribution < -0.4 is 0 Å². The van der Waals surface area contributed by atoms with Gasteiger partial charge in [-0.05, 0) is 0 Å². The Morgan fingerprint density at radius 1 is 1.00 bits per heavy atom. The number of rotatable bonds is 4. The Morgan fingerprint density at radius 3 is 1.56 bits per heavy atom. The Balaban J connectivity index is 3.22. The zero-order chi connectivity index (χ0) is 7.28. The summed E-state index contributed by atoms with van der Waals surface area (Å²) in [5.74, 6) is 0. The molecule has 9 heavy (non-hydrogen) atoms. The molecule has 0 aliphatic rings. The molecular weight excluding hydrogens is 362 g/mol. The van der Waals surface area contributed by atoms with Crippen molar-refractivity contribution in [3.8, 4) is 0 Å². The normalized spacial score (nSPS) is 11.3. The van der Waals surface area contributed by atoms with Crippen molar-refractivity contribution >= 4 is 46.0 Å². The summed E-state index contributed by atoms with van der Waals surface area (Å²) < 4.78 is 7.95. The van der Waals surface area contributed by atoms with E-state index in [1.165, 1.54) is 46.0 Å². The lowest BCUT2D eigenvalue weighted by Crippen LogP contribution is -2.27. The molecule has 0 fully saturated rings. The standard InChI is InChI=1S/H2I2N2O5/c1-7-3(5)9-4(6)8-2/h5-6H. The van der Waals surface area contributed by atoms with Gasteiger partial charge in [0.2, 0.25) is 0 Å². The highest BCUT2D eigenvalue weighted by Gasteiger charge is 2.06. The highest BCUT2D eigenvalue weighted by molar-refractivity contribution is 14.1. The third-order valence-corrected chi connectivity index (χ3v) is 0.932. The summed E-state index contributed by atoms with van der Waals surface area (Å²) >= 11 is 2.64. The van der Waals surface area contributed by atoms with Gasteiger partial charge in [0, 0.05) is 0 Å². The predicted octanol–water partition coefficient (Wildman–Crippen LogP) is 0.779. The van der Waals surface area contributed by atoms with Crippen molar-refractivity contribution in [2.45, 2.75) is 0 Å². The van der Waals surface area contributed by atoms with Crippen LogP contribution in [0.2, 0.25) is 0 Å². The summed E-state index contributed by atoms with van der Waals surface area (Å²) in [7, 11) is 0. The van der Waals surface area contributed by atoms with Crippen molar-refractivity contribution in [1.82, 2.24) is 10.8 Å². The van der Waals surface area contributed by atoms with Crippen molar-refractivity contribution in [1.29, 1.82) is 0 Å². The van der Waals surface area contributed by atoms with Gasteiger partial charge in [0.15, 0.2) is 0 Å². The van der Waals surface area contributed by atoms with Gasteiger partial charge in [0.25, 0.3) is 0 Å². The molecule has 0 radical (unpaired) electrons. The lowest BCUT2D eigenvalue weighted by molar-refractivity contribution is -0.625. The van der Waals surface area contributed by atoms with Gasteiger partial charge in [0.05, 0.1) is 0 Å². The van der Waals surface area contributed by atoms with E-state index in [-0.39, 0.29) is 10.8 Å². The van der Waals surface area contributed by atoms with Crippen LogP contribution in [0.4, 0.5) is 0 Å². The second kappa shape index (κ2) is 5.93. The van der Waals surface area contributed by atoms with Crippen LogP contribution in [0.25, 0.3) is 0 Å². The second-order valence-electron chi connectivity index (χ2n) is 0.695. The third kappa shape index (κ3) is 5.62. The minimum atomic E-state index is -0.112. The summed E-state index contributed by atoms with van der Waals surface area (Å²) in [6.07, 6.45) is 0. The van der Waals surface area contributed by atoms with Crippen LogP contribution in [0.1, 0.15) is 0 Å². The minimum absolute atomic E-state index is 0.112. The van der Waals surface area contributed by atoms with E-state index in [1.54, 1.807) is 0 Å². The van der Waals surface area contributed by atoms with Gasteiger partial charge in [0.1, 0.15) is 56.8 Å². The SMILES string of the molecule is ON(OI)ON(O)OI. The van der Waals surface area contributed by atoms with Crippen molar-refractivity contribution in [2.75, 3.05) is 0 Å². The highest BCUT2D eigenvalue weighted by Crippen LogP contribution is 1.99. The highest BCUT2D eigenvalue weighted by atomic mass is 127. The molecule has 0 atom stereocenters. The summed E-state index contributed by atoms with van der Waals surface area (Å²) in [5, 5.41) is 16.3. The van der Waals surface area contributed by atoms with E-state index in [2.05, 4.69) is 11.3 Å². The van der Waals surface area contributed by atoms with Crippen molar-refractivity contribution < 1.29 is 21.7 Å². The maximum atomic E-state index is 8.26. The molecule has 0 rings (SSSR count). The van der Waals surface area contributed by atoms with Gasteiger partial charge in [-0.15, -0.1) is 4.94 Å². The average molecular weight is 364 g/mol. The number of hydrogen-bond donors (Lipinski definition) is 2. The van der Waals surface area contributed by atoms with E-state index in [1.807, 2.05) is 0 Å². The number of hydrogen-bond acceptors (Lipinski definition) is 7. The molecule has 0 heterocycles. The molecule has 0 aliphatic heterocycles.